The topological polar surface area (TPSA) is 70.2 Å². The Balaban J connectivity index is 1.36. The molecule has 1 aromatic rings. The molecular formula is C23H33F2N3O4S. The molecule has 0 aliphatic carbocycles. The average molecular weight is 486 g/mol. The third kappa shape index (κ3) is 5.39. The highest BCUT2D eigenvalue weighted by Gasteiger charge is 2.39. The SMILES string of the molecule is CC1CN(CC2CCCN2C(=O)C2CCN(S(=O)(=O)c3cc(F)ccc3F)CC2)CC(C)O1. The second-order valence-corrected chi connectivity index (χ2v) is 11.5. The zero-order valence-electron chi connectivity index (χ0n) is 19.3. The maximum Gasteiger partial charge on any atom is 0.246 e. The van der Waals surface area contributed by atoms with Crippen LogP contribution in [0.4, 0.5) is 8.78 Å². The highest BCUT2D eigenvalue weighted by atomic mass is 32.2. The molecule has 3 aliphatic rings. The minimum Gasteiger partial charge on any atom is -0.373 e. The molecule has 0 bridgehead atoms. The van der Waals surface area contributed by atoms with Crippen molar-refractivity contribution in [3.63, 3.8) is 0 Å². The van der Waals surface area contributed by atoms with Gasteiger partial charge in [-0.05, 0) is 57.7 Å². The number of morpholine rings is 1. The molecule has 33 heavy (non-hydrogen) atoms. The molecule has 3 fully saturated rings. The summed E-state index contributed by atoms with van der Waals surface area (Å²) in [4.78, 5) is 17.0. The third-order valence-corrected chi connectivity index (χ3v) is 8.85. The van der Waals surface area contributed by atoms with Crippen molar-refractivity contribution in [1.29, 1.82) is 0 Å². The number of amides is 1. The maximum atomic E-state index is 14.1. The molecule has 4 rings (SSSR count). The number of hydrogen-bond acceptors (Lipinski definition) is 5. The first-order valence-corrected chi connectivity index (χ1v) is 13.2. The number of ether oxygens (including phenoxy) is 1. The van der Waals surface area contributed by atoms with Crippen molar-refractivity contribution in [1.82, 2.24) is 14.1 Å². The van der Waals surface area contributed by atoms with E-state index in [1.54, 1.807) is 0 Å². The van der Waals surface area contributed by atoms with Gasteiger partial charge in [0.25, 0.3) is 0 Å². The van der Waals surface area contributed by atoms with Crippen molar-refractivity contribution in [2.24, 2.45) is 5.92 Å². The molecule has 0 spiro atoms. The van der Waals surface area contributed by atoms with Crippen LogP contribution in [0, 0.1) is 17.6 Å². The number of likely N-dealkylation sites (tertiary alicyclic amines) is 1. The van der Waals surface area contributed by atoms with Crippen LogP contribution < -0.4 is 0 Å². The summed E-state index contributed by atoms with van der Waals surface area (Å²) in [7, 11) is -4.15. The van der Waals surface area contributed by atoms with Gasteiger partial charge >= 0.3 is 0 Å². The van der Waals surface area contributed by atoms with Gasteiger partial charge in [0.2, 0.25) is 15.9 Å². The summed E-state index contributed by atoms with van der Waals surface area (Å²) in [6.07, 6.45) is 3.05. The lowest BCUT2D eigenvalue weighted by molar-refractivity contribution is -0.138. The van der Waals surface area contributed by atoms with Crippen LogP contribution in [-0.2, 0) is 19.6 Å². The van der Waals surface area contributed by atoms with Crippen LogP contribution in [0.2, 0.25) is 0 Å². The number of halogens is 2. The van der Waals surface area contributed by atoms with Crippen molar-refractivity contribution < 1.29 is 26.7 Å². The maximum absolute atomic E-state index is 14.1. The summed E-state index contributed by atoms with van der Waals surface area (Å²) in [6.45, 7) is 7.64. The van der Waals surface area contributed by atoms with Crippen molar-refractivity contribution in [2.45, 2.75) is 62.7 Å². The molecule has 0 saturated carbocycles. The van der Waals surface area contributed by atoms with E-state index in [1.165, 1.54) is 0 Å². The lowest BCUT2D eigenvalue weighted by Gasteiger charge is -2.39. The fraction of sp³-hybridized carbons (Fsp3) is 0.696. The van der Waals surface area contributed by atoms with E-state index in [0.29, 0.717) is 18.9 Å². The third-order valence-electron chi connectivity index (χ3n) is 6.94. The molecule has 1 aromatic carbocycles. The zero-order chi connectivity index (χ0) is 23.8. The normalized spacial score (nSPS) is 28.4. The number of carbonyl (C=O) groups is 1. The Morgan fingerprint density at radius 1 is 1.06 bits per heavy atom. The number of benzene rings is 1. The van der Waals surface area contributed by atoms with Crippen LogP contribution in [0.3, 0.4) is 0 Å². The average Bonchev–Trinajstić information content (AvgIpc) is 3.22. The van der Waals surface area contributed by atoms with E-state index >= 15 is 0 Å². The van der Waals surface area contributed by atoms with Crippen LogP contribution in [0.25, 0.3) is 0 Å². The van der Waals surface area contributed by atoms with Gasteiger partial charge in [0, 0.05) is 51.2 Å². The van der Waals surface area contributed by atoms with Gasteiger partial charge < -0.3 is 9.64 Å². The summed E-state index contributed by atoms with van der Waals surface area (Å²) >= 11 is 0. The smallest absolute Gasteiger partial charge is 0.246 e. The number of carbonyl (C=O) groups excluding carboxylic acids is 1. The molecule has 0 aromatic heterocycles. The molecule has 0 radical (unpaired) electrons. The van der Waals surface area contributed by atoms with E-state index in [4.69, 9.17) is 4.74 Å². The van der Waals surface area contributed by atoms with Gasteiger partial charge in [-0.2, -0.15) is 4.31 Å². The summed E-state index contributed by atoms with van der Waals surface area (Å²) in [5, 5.41) is 0. The van der Waals surface area contributed by atoms with Crippen molar-refractivity contribution in [2.75, 3.05) is 39.3 Å². The van der Waals surface area contributed by atoms with Gasteiger partial charge in [-0.1, -0.05) is 0 Å². The van der Waals surface area contributed by atoms with Gasteiger partial charge in [-0.3, -0.25) is 9.69 Å². The molecule has 3 aliphatic heterocycles. The Morgan fingerprint density at radius 2 is 1.73 bits per heavy atom. The first kappa shape index (κ1) is 24.5. The highest BCUT2D eigenvalue weighted by molar-refractivity contribution is 7.89. The van der Waals surface area contributed by atoms with E-state index in [0.717, 1.165) is 55.5 Å². The Morgan fingerprint density at radius 3 is 2.39 bits per heavy atom. The van der Waals surface area contributed by atoms with Crippen LogP contribution in [0.1, 0.15) is 39.5 Å². The quantitative estimate of drug-likeness (QED) is 0.641. The van der Waals surface area contributed by atoms with Gasteiger partial charge in [0.15, 0.2) is 0 Å². The van der Waals surface area contributed by atoms with Crippen LogP contribution >= 0.6 is 0 Å². The molecule has 7 nitrogen and oxygen atoms in total. The largest absolute Gasteiger partial charge is 0.373 e. The fourth-order valence-electron chi connectivity index (χ4n) is 5.44. The second kappa shape index (κ2) is 9.93. The Labute approximate surface area is 194 Å². The number of nitrogens with zero attached hydrogens (tertiary/aromatic N) is 3. The summed E-state index contributed by atoms with van der Waals surface area (Å²) < 4.78 is 60.2. The molecule has 184 valence electrons. The number of rotatable bonds is 5. The lowest BCUT2D eigenvalue weighted by Crippen LogP contribution is -2.52. The molecule has 3 heterocycles. The minimum absolute atomic E-state index is 0.0841. The molecule has 1 amide bonds. The van der Waals surface area contributed by atoms with Crippen LogP contribution in [0.15, 0.2) is 23.1 Å². The fourth-order valence-corrected chi connectivity index (χ4v) is 6.98. The van der Waals surface area contributed by atoms with Crippen LogP contribution in [0.5, 0.6) is 0 Å². The van der Waals surface area contributed by atoms with Crippen LogP contribution in [-0.4, -0.2) is 85.9 Å². The van der Waals surface area contributed by atoms with E-state index in [9.17, 15) is 22.0 Å². The van der Waals surface area contributed by atoms with Crippen molar-refractivity contribution in [3.05, 3.63) is 29.8 Å². The van der Waals surface area contributed by atoms with Crippen molar-refractivity contribution >= 4 is 15.9 Å². The first-order chi connectivity index (χ1) is 15.6. The monoisotopic (exact) mass is 485 g/mol. The second-order valence-electron chi connectivity index (χ2n) is 9.56. The predicted molar refractivity (Wildman–Crippen MR) is 119 cm³/mol. The minimum atomic E-state index is -4.15. The van der Waals surface area contributed by atoms with Gasteiger partial charge in [0.05, 0.1) is 12.2 Å². The number of sulfonamides is 1. The van der Waals surface area contributed by atoms with E-state index < -0.39 is 26.6 Å². The van der Waals surface area contributed by atoms with E-state index in [1.807, 2.05) is 4.90 Å². The van der Waals surface area contributed by atoms with E-state index in [2.05, 4.69) is 18.7 Å². The summed E-state index contributed by atoms with van der Waals surface area (Å²) in [5.74, 6) is -1.94. The number of hydrogen-bond donors (Lipinski definition) is 0. The standard InChI is InChI=1S/C23H33F2N3O4S/c1-16-13-26(14-17(2)32-16)15-20-4-3-9-28(20)23(29)18-7-10-27(11-8-18)33(30,31)22-12-19(24)5-6-21(22)25/h5-6,12,16-18,20H,3-4,7-11,13-15H2,1-2H3. The van der Waals surface area contributed by atoms with Gasteiger partial charge in [-0.15, -0.1) is 0 Å². The predicted octanol–water partition coefficient (Wildman–Crippen LogP) is 2.47. The Hall–Kier alpha value is -1.62. The van der Waals surface area contributed by atoms with Crippen molar-refractivity contribution in [3.8, 4) is 0 Å². The highest BCUT2D eigenvalue weighted by Crippen LogP contribution is 2.29. The molecule has 3 atom stereocenters. The zero-order valence-corrected chi connectivity index (χ0v) is 20.1. The van der Waals surface area contributed by atoms with Gasteiger partial charge in [-0.25, -0.2) is 17.2 Å². The Kier molecular flexibility index (Phi) is 7.38. The first-order valence-electron chi connectivity index (χ1n) is 11.8. The Bertz CT molecular complexity index is 958. The lowest BCUT2D eigenvalue weighted by atomic mass is 9.96. The summed E-state index contributed by atoms with van der Waals surface area (Å²) in [6, 6.07) is 2.59. The van der Waals surface area contributed by atoms with Gasteiger partial charge in [0.1, 0.15) is 16.5 Å². The summed E-state index contributed by atoms with van der Waals surface area (Å²) in [5.41, 5.74) is 0. The number of piperidine rings is 1. The molecule has 3 saturated heterocycles. The molecule has 10 heteroatoms. The molecular weight excluding hydrogens is 452 g/mol. The van der Waals surface area contributed by atoms with E-state index in [-0.39, 0.29) is 43.2 Å². The molecule has 0 N–H and O–H groups in total. The molecule has 3 unspecified atom stereocenters.